The van der Waals surface area contributed by atoms with E-state index in [0.717, 1.165) is 12.0 Å². The minimum absolute atomic E-state index is 0.0140. The van der Waals surface area contributed by atoms with Crippen LogP contribution in [-0.2, 0) is 14.0 Å². The Morgan fingerprint density at radius 2 is 2.27 bits per heavy atom. The van der Waals surface area contributed by atoms with Crippen molar-refractivity contribution >= 4 is 30.2 Å². The number of hydrogen-bond acceptors (Lipinski definition) is 3. The first kappa shape index (κ1) is 11.4. The maximum atomic E-state index is 11.8. The number of carbonyl (C=O) groups excluding carboxylic acids is 1. The van der Waals surface area contributed by atoms with Gasteiger partial charge in [-0.05, 0) is 26.1 Å². The normalized spacial score (nSPS) is 34.1. The van der Waals surface area contributed by atoms with E-state index in [1.54, 1.807) is 0 Å². The lowest BCUT2D eigenvalue weighted by molar-refractivity contribution is -0.131. The van der Waals surface area contributed by atoms with Crippen LogP contribution < -0.4 is 0 Å². The molecule has 0 radical (unpaired) electrons. The summed E-state index contributed by atoms with van der Waals surface area (Å²) in [6.07, 6.45) is 3.27. The average Bonchev–Trinajstić information content (AvgIpc) is 2.80. The van der Waals surface area contributed by atoms with Crippen LogP contribution in [0.15, 0.2) is 11.6 Å². The van der Waals surface area contributed by atoms with Gasteiger partial charge in [0.25, 0.3) is 0 Å². The van der Waals surface area contributed by atoms with Crippen LogP contribution in [0.5, 0.6) is 0 Å². The molecule has 1 aliphatic heterocycles. The number of fused-ring (bicyclic) bond motifs is 1. The second-order valence-corrected chi connectivity index (χ2v) is 10.4. The maximum absolute atomic E-state index is 11.8. The molecule has 0 aromatic heterocycles. The molecular formula is C10H15BrO3Si. The van der Waals surface area contributed by atoms with Crippen molar-refractivity contribution in [3.05, 3.63) is 11.6 Å². The third-order valence-electron chi connectivity index (χ3n) is 2.41. The van der Waals surface area contributed by atoms with Gasteiger partial charge in [0.05, 0.1) is 10.9 Å². The molecule has 2 rings (SSSR count). The van der Waals surface area contributed by atoms with Crippen LogP contribution in [0.2, 0.25) is 19.6 Å². The highest BCUT2D eigenvalue weighted by atomic mass is 79.9. The van der Waals surface area contributed by atoms with E-state index in [-0.39, 0.29) is 16.9 Å². The fourth-order valence-corrected chi connectivity index (χ4v) is 3.18. The van der Waals surface area contributed by atoms with E-state index in [0.29, 0.717) is 6.10 Å². The van der Waals surface area contributed by atoms with Gasteiger partial charge in [-0.25, -0.2) is 4.79 Å². The number of carbonyl (C=O) groups is 1. The maximum Gasteiger partial charge on any atom is 0.321 e. The highest BCUT2D eigenvalue weighted by Crippen LogP contribution is 2.40. The fourth-order valence-electron chi connectivity index (χ4n) is 1.67. The number of rotatable bonds is 2. The van der Waals surface area contributed by atoms with Crippen molar-refractivity contribution in [2.24, 2.45) is 0 Å². The Labute approximate surface area is 99.1 Å². The third kappa shape index (κ3) is 2.51. The van der Waals surface area contributed by atoms with Crippen molar-refractivity contribution in [3.8, 4) is 0 Å². The molecule has 1 aliphatic carbocycles. The molecule has 0 aromatic rings. The third-order valence-corrected chi connectivity index (χ3v) is 4.22. The van der Waals surface area contributed by atoms with E-state index in [1.165, 1.54) is 0 Å². The predicted octanol–water partition coefficient (Wildman–Crippen LogP) is 2.23. The van der Waals surface area contributed by atoms with Gasteiger partial charge < -0.3 is 9.16 Å². The topological polar surface area (TPSA) is 38.8 Å². The molecule has 1 fully saturated rings. The Morgan fingerprint density at radius 3 is 2.87 bits per heavy atom. The van der Waals surface area contributed by atoms with Crippen molar-refractivity contribution in [1.82, 2.24) is 0 Å². The molecule has 3 unspecified atom stereocenters. The lowest BCUT2D eigenvalue weighted by atomic mass is 10.00. The van der Waals surface area contributed by atoms with Gasteiger partial charge >= 0.3 is 5.97 Å². The lowest BCUT2D eigenvalue weighted by Crippen LogP contribution is -2.33. The second-order valence-electron chi connectivity index (χ2n) is 4.94. The summed E-state index contributed by atoms with van der Waals surface area (Å²) in [4.78, 5) is 11.9. The minimum atomic E-state index is -1.79. The molecule has 5 heteroatoms. The summed E-state index contributed by atoms with van der Waals surface area (Å²) in [5.41, 5.74) is 0.733. The Balaban J connectivity index is 2.04. The van der Waals surface area contributed by atoms with Crippen LogP contribution in [0, 0.1) is 0 Å². The Kier molecular flexibility index (Phi) is 2.81. The summed E-state index contributed by atoms with van der Waals surface area (Å²) in [6.45, 7) is 6.02. The van der Waals surface area contributed by atoms with Crippen LogP contribution in [0.4, 0.5) is 0 Å². The van der Waals surface area contributed by atoms with Crippen LogP contribution in [0.25, 0.3) is 0 Å². The Bertz CT molecular complexity index is 321. The first-order valence-corrected chi connectivity index (χ1v) is 9.44. The number of ether oxygens (including phenoxy) is 1. The number of halogens is 1. The predicted molar refractivity (Wildman–Crippen MR) is 63.5 cm³/mol. The minimum Gasteiger partial charge on any atom is -0.517 e. The van der Waals surface area contributed by atoms with Crippen molar-refractivity contribution in [2.45, 2.75) is 43.1 Å². The molecule has 0 aromatic carbocycles. The lowest BCUT2D eigenvalue weighted by Gasteiger charge is -2.21. The van der Waals surface area contributed by atoms with Gasteiger partial charge in [-0.1, -0.05) is 22.0 Å². The standard InChI is InChI=1S/C10H15BrO3Si/c1-15(2,3)14-10(12)6-4-5-7-9(13-7)8(6)11/h4,7-9H,5H2,1-3H3. The molecule has 3 atom stereocenters. The van der Waals surface area contributed by atoms with Gasteiger partial charge in [-0.3, -0.25) is 0 Å². The summed E-state index contributed by atoms with van der Waals surface area (Å²) in [5.74, 6) is -0.176. The van der Waals surface area contributed by atoms with Crippen LogP contribution in [0.3, 0.4) is 0 Å². The van der Waals surface area contributed by atoms with E-state index in [9.17, 15) is 4.79 Å². The largest absolute Gasteiger partial charge is 0.517 e. The average molecular weight is 291 g/mol. The summed E-state index contributed by atoms with van der Waals surface area (Å²) in [7, 11) is -1.79. The van der Waals surface area contributed by atoms with Crippen LogP contribution in [0.1, 0.15) is 6.42 Å². The van der Waals surface area contributed by atoms with E-state index in [1.807, 2.05) is 25.7 Å². The number of epoxide rings is 1. The number of hydrogen-bond donors (Lipinski definition) is 0. The van der Waals surface area contributed by atoms with Crippen molar-refractivity contribution in [1.29, 1.82) is 0 Å². The Morgan fingerprint density at radius 1 is 1.60 bits per heavy atom. The second kappa shape index (κ2) is 3.71. The molecule has 0 N–H and O–H groups in total. The monoisotopic (exact) mass is 290 g/mol. The number of alkyl halides is 1. The zero-order chi connectivity index (χ0) is 11.2. The Hall–Kier alpha value is -0.133. The molecule has 0 amide bonds. The van der Waals surface area contributed by atoms with Gasteiger partial charge in [0.1, 0.15) is 6.10 Å². The molecular weight excluding hydrogens is 276 g/mol. The van der Waals surface area contributed by atoms with Gasteiger partial charge in [0, 0.05) is 5.57 Å². The summed E-state index contributed by atoms with van der Waals surface area (Å²) < 4.78 is 10.9. The van der Waals surface area contributed by atoms with Crippen LogP contribution >= 0.6 is 15.9 Å². The molecule has 15 heavy (non-hydrogen) atoms. The van der Waals surface area contributed by atoms with E-state index >= 15 is 0 Å². The molecule has 0 saturated carbocycles. The highest BCUT2D eigenvalue weighted by molar-refractivity contribution is 9.09. The van der Waals surface area contributed by atoms with E-state index < -0.39 is 8.32 Å². The fraction of sp³-hybridized carbons (Fsp3) is 0.700. The van der Waals surface area contributed by atoms with Gasteiger partial charge in [-0.15, -0.1) is 0 Å². The SMILES string of the molecule is C[Si](C)(C)OC(=O)C1=CCC2OC2C1Br. The smallest absolute Gasteiger partial charge is 0.321 e. The van der Waals surface area contributed by atoms with Gasteiger partial charge in [0.2, 0.25) is 8.32 Å². The quantitative estimate of drug-likeness (QED) is 0.445. The molecule has 0 bridgehead atoms. The van der Waals surface area contributed by atoms with E-state index in [4.69, 9.17) is 9.16 Å². The van der Waals surface area contributed by atoms with Crippen LogP contribution in [-0.4, -0.2) is 31.3 Å². The summed E-state index contributed by atoms with van der Waals surface area (Å²) >= 11 is 3.49. The van der Waals surface area contributed by atoms with Crippen molar-refractivity contribution < 1.29 is 14.0 Å². The molecule has 1 saturated heterocycles. The molecule has 1 heterocycles. The van der Waals surface area contributed by atoms with Crippen molar-refractivity contribution in [2.75, 3.05) is 0 Å². The zero-order valence-electron chi connectivity index (χ0n) is 9.12. The van der Waals surface area contributed by atoms with Gasteiger partial charge in [0.15, 0.2) is 0 Å². The molecule has 3 nitrogen and oxygen atoms in total. The molecule has 0 spiro atoms. The highest BCUT2D eigenvalue weighted by Gasteiger charge is 2.49. The first-order valence-electron chi connectivity index (χ1n) is 5.11. The first-order chi connectivity index (χ1) is 6.88. The summed E-state index contributed by atoms with van der Waals surface area (Å²) in [6, 6.07) is 0. The van der Waals surface area contributed by atoms with E-state index in [2.05, 4.69) is 15.9 Å². The zero-order valence-corrected chi connectivity index (χ0v) is 11.7. The van der Waals surface area contributed by atoms with Crippen molar-refractivity contribution in [3.63, 3.8) is 0 Å². The molecule has 84 valence electrons. The molecule has 2 aliphatic rings. The summed E-state index contributed by atoms with van der Waals surface area (Å²) in [5, 5.41) is 0. The van der Waals surface area contributed by atoms with Gasteiger partial charge in [-0.2, -0.15) is 0 Å².